The number of amides is 1. The van der Waals surface area contributed by atoms with E-state index in [9.17, 15) is 9.90 Å². The van der Waals surface area contributed by atoms with E-state index in [0.29, 0.717) is 18.7 Å². The van der Waals surface area contributed by atoms with Crippen molar-refractivity contribution in [2.24, 2.45) is 5.84 Å². The zero-order valence-corrected chi connectivity index (χ0v) is 10.1. The molecule has 100 valence electrons. The van der Waals surface area contributed by atoms with Gasteiger partial charge in [0.2, 0.25) is 0 Å². The van der Waals surface area contributed by atoms with E-state index in [-0.39, 0.29) is 6.61 Å². The molecule has 0 radical (unpaired) electrons. The van der Waals surface area contributed by atoms with Crippen molar-refractivity contribution in [2.75, 3.05) is 18.5 Å². The highest BCUT2D eigenvalue weighted by Crippen LogP contribution is 2.11. The van der Waals surface area contributed by atoms with Crippen molar-refractivity contribution in [1.82, 2.24) is 15.6 Å². The number of rotatable bonds is 6. The van der Waals surface area contributed by atoms with Crippen LogP contribution in [0.4, 0.5) is 10.5 Å². The molecule has 8 nitrogen and oxygen atoms in total. The van der Waals surface area contributed by atoms with Crippen LogP contribution in [0.1, 0.15) is 12.6 Å². The summed E-state index contributed by atoms with van der Waals surface area (Å²) in [4.78, 5) is 10.8. The minimum absolute atomic E-state index is 0.144. The Morgan fingerprint density at radius 2 is 2.44 bits per heavy atom. The average Bonchev–Trinajstić information content (AvgIpc) is 2.37. The van der Waals surface area contributed by atoms with Crippen LogP contribution in [-0.4, -0.2) is 40.7 Å². The summed E-state index contributed by atoms with van der Waals surface area (Å²) in [5, 5.41) is 19.9. The fraction of sp³-hybridized carbons (Fsp3) is 0.500. The van der Waals surface area contributed by atoms with E-state index in [0.717, 1.165) is 5.69 Å². The number of hydrogen-bond donors (Lipinski definition) is 4. The second kappa shape index (κ2) is 7.41. The number of anilines is 1. The number of nitrogens with two attached hydrogens (primary N) is 1. The van der Waals surface area contributed by atoms with Crippen molar-refractivity contribution in [3.05, 3.63) is 18.0 Å². The molecule has 0 aromatic carbocycles. The first-order valence-corrected chi connectivity index (χ1v) is 5.49. The van der Waals surface area contributed by atoms with Gasteiger partial charge in [0.25, 0.3) is 0 Å². The molecule has 1 unspecified atom stereocenters. The van der Waals surface area contributed by atoms with Crippen LogP contribution in [0.5, 0.6) is 0 Å². The molecule has 5 N–H and O–H groups in total. The molecule has 1 atom stereocenters. The zero-order chi connectivity index (χ0) is 13.4. The molecule has 1 rings (SSSR count). The third-order valence-electron chi connectivity index (χ3n) is 2.08. The Kier molecular flexibility index (Phi) is 5.81. The van der Waals surface area contributed by atoms with Crippen molar-refractivity contribution >= 4 is 11.8 Å². The van der Waals surface area contributed by atoms with E-state index in [1.807, 2.05) is 5.43 Å². The summed E-state index contributed by atoms with van der Waals surface area (Å²) >= 11 is 0. The molecular weight excluding hydrogens is 238 g/mol. The number of carbonyl (C=O) groups is 1. The molecule has 0 saturated heterocycles. The molecule has 0 spiro atoms. The SMILES string of the molecule is CC(O)CNc1ccnnc1CCOC(=O)NN. The Balaban J connectivity index is 2.50. The Labute approximate surface area is 105 Å². The molecule has 0 aliphatic carbocycles. The van der Waals surface area contributed by atoms with Crippen LogP contribution >= 0.6 is 0 Å². The standard InChI is InChI=1S/C10H17N5O3/c1-7(16)6-12-8-2-4-13-15-9(8)3-5-18-10(17)14-11/h2,4,7,16H,3,5-6,11H2,1H3,(H,12,13)(H,14,17). The molecule has 1 heterocycles. The summed E-state index contributed by atoms with van der Waals surface area (Å²) in [6, 6.07) is 1.74. The van der Waals surface area contributed by atoms with Gasteiger partial charge in [-0.15, -0.1) is 0 Å². The van der Waals surface area contributed by atoms with Gasteiger partial charge in [-0.3, -0.25) is 5.43 Å². The summed E-state index contributed by atoms with van der Waals surface area (Å²) < 4.78 is 4.76. The maximum atomic E-state index is 10.8. The second-order valence-electron chi connectivity index (χ2n) is 3.65. The lowest BCUT2D eigenvalue weighted by Gasteiger charge is -2.11. The minimum Gasteiger partial charge on any atom is -0.448 e. The number of ether oxygens (including phenoxy) is 1. The van der Waals surface area contributed by atoms with Gasteiger partial charge in [-0.05, 0) is 13.0 Å². The van der Waals surface area contributed by atoms with E-state index in [1.54, 1.807) is 19.2 Å². The first-order chi connectivity index (χ1) is 8.63. The maximum absolute atomic E-state index is 10.8. The van der Waals surface area contributed by atoms with Gasteiger partial charge in [0.05, 0.1) is 30.3 Å². The van der Waals surface area contributed by atoms with Gasteiger partial charge in [-0.2, -0.15) is 10.2 Å². The van der Waals surface area contributed by atoms with Crippen LogP contribution in [-0.2, 0) is 11.2 Å². The summed E-state index contributed by atoms with van der Waals surface area (Å²) in [6.45, 7) is 2.23. The van der Waals surface area contributed by atoms with Crippen molar-refractivity contribution in [1.29, 1.82) is 0 Å². The average molecular weight is 255 g/mol. The number of carbonyl (C=O) groups excluding carboxylic acids is 1. The van der Waals surface area contributed by atoms with Gasteiger partial charge >= 0.3 is 6.09 Å². The number of hydrogen-bond acceptors (Lipinski definition) is 7. The Bertz CT molecular complexity index is 386. The summed E-state index contributed by atoms with van der Waals surface area (Å²) in [7, 11) is 0. The number of aliphatic hydroxyl groups excluding tert-OH is 1. The van der Waals surface area contributed by atoms with Gasteiger partial charge in [0.1, 0.15) is 0 Å². The molecular formula is C10H17N5O3. The summed E-state index contributed by atoms with van der Waals surface area (Å²) in [5.74, 6) is 4.87. The molecule has 1 aromatic rings. The predicted octanol–water partition coefficient (Wildman–Crippen LogP) is -0.588. The number of aromatic nitrogens is 2. The lowest BCUT2D eigenvalue weighted by Crippen LogP contribution is -2.31. The molecule has 0 aliphatic heterocycles. The van der Waals surface area contributed by atoms with Gasteiger partial charge in [0, 0.05) is 13.0 Å². The third-order valence-corrected chi connectivity index (χ3v) is 2.08. The molecule has 1 aromatic heterocycles. The van der Waals surface area contributed by atoms with Crippen LogP contribution in [0.25, 0.3) is 0 Å². The van der Waals surface area contributed by atoms with E-state index >= 15 is 0 Å². The molecule has 18 heavy (non-hydrogen) atoms. The monoisotopic (exact) mass is 255 g/mol. The lowest BCUT2D eigenvalue weighted by atomic mass is 10.2. The summed E-state index contributed by atoms with van der Waals surface area (Å²) in [6.07, 6.45) is 0.785. The van der Waals surface area contributed by atoms with E-state index in [2.05, 4.69) is 15.5 Å². The molecule has 0 saturated carbocycles. The van der Waals surface area contributed by atoms with Gasteiger partial charge in [-0.25, -0.2) is 10.6 Å². The predicted molar refractivity (Wildman–Crippen MR) is 64.6 cm³/mol. The molecule has 0 aliphatic rings. The smallest absolute Gasteiger partial charge is 0.421 e. The van der Waals surface area contributed by atoms with Crippen LogP contribution < -0.4 is 16.6 Å². The van der Waals surface area contributed by atoms with Crippen molar-refractivity contribution in [3.8, 4) is 0 Å². The van der Waals surface area contributed by atoms with Crippen LogP contribution in [0.3, 0.4) is 0 Å². The highest BCUT2D eigenvalue weighted by Gasteiger charge is 2.06. The highest BCUT2D eigenvalue weighted by atomic mass is 16.5. The van der Waals surface area contributed by atoms with Crippen molar-refractivity contribution in [3.63, 3.8) is 0 Å². The Morgan fingerprint density at radius 1 is 1.67 bits per heavy atom. The maximum Gasteiger partial charge on any atom is 0.421 e. The van der Waals surface area contributed by atoms with Gasteiger partial charge in [0.15, 0.2) is 0 Å². The molecule has 0 fully saturated rings. The topological polar surface area (TPSA) is 122 Å². The summed E-state index contributed by atoms with van der Waals surface area (Å²) in [5.41, 5.74) is 3.27. The Hall–Kier alpha value is -1.93. The number of aliphatic hydroxyl groups is 1. The Morgan fingerprint density at radius 3 is 3.11 bits per heavy atom. The van der Waals surface area contributed by atoms with Gasteiger partial charge < -0.3 is 15.2 Å². The minimum atomic E-state index is -0.697. The molecule has 8 heteroatoms. The first-order valence-electron chi connectivity index (χ1n) is 5.49. The first kappa shape index (κ1) is 14.1. The highest BCUT2D eigenvalue weighted by molar-refractivity contribution is 5.66. The fourth-order valence-corrected chi connectivity index (χ4v) is 1.25. The largest absolute Gasteiger partial charge is 0.448 e. The molecule has 1 amide bonds. The van der Waals surface area contributed by atoms with Crippen LogP contribution in [0.2, 0.25) is 0 Å². The normalized spacial score (nSPS) is 11.7. The van der Waals surface area contributed by atoms with Gasteiger partial charge in [-0.1, -0.05) is 0 Å². The van der Waals surface area contributed by atoms with Crippen molar-refractivity contribution < 1.29 is 14.6 Å². The zero-order valence-electron chi connectivity index (χ0n) is 10.1. The number of nitrogens with one attached hydrogen (secondary N) is 2. The fourth-order valence-electron chi connectivity index (χ4n) is 1.25. The van der Waals surface area contributed by atoms with E-state index in [4.69, 9.17) is 10.6 Å². The van der Waals surface area contributed by atoms with Crippen LogP contribution in [0, 0.1) is 0 Å². The third kappa shape index (κ3) is 4.93. The molecule has 0 bridgehead atoms. The quantitative estimate of drug-likeness (QED) is 0.304. The van der Waals surface area contributed by atoms with Crippen LogP contribution in [0.15, 0.2) is 12.3 Å². The second-order valence-corrected chi connectivity index (χ2v) is 3.65. The number of nitrogens with zero attached hydrogens (tertiary/aromatic N) is 2. The van der Waals surface area contributed by atoms with E-state index < -0.39 is 12.2 Å². The van der Waals surface area contributed by atoms with E-state index in [1.165, 1.54) is 0 Å². The number of hydrazine groups is 1. The van der Waals surface area contributed by atoms with Crippen molar-refractivity contribution in [2.45, 2.75) is 19.4 Å². The lowest BCUT2D eigenvalue weighted by molar-refractivity contribution is 0.147.